The number of halogens is 2. The molecule has 0 aliphatic carbocycles. The SMILES string of the molecule is CCNCC(C)C(=O)Nc1cc([N+](=O)[O-])c(F)cc1F. The molecule has 0 radical (unpaired) electrons. The van der Waals surface area contributed by atoms with Crippen LogP contribution in [0.15, 0.2) is 12.1 Å². The van der Waals surface area contributed by atoms with E-state index in [2.05, 4.69) is 10.6 Å². The van der Waals surface area contributed by atoms with Crippen LogP contribution in [0.2, 0.25) is 0 Å². The summed E-state index contributed by atoms with van der Waals surface area (Å²) in [5.41, 5.74) is -1.30. The molecule has 1 rings (SSSR count). The Morgan fingerprint density at radius 3 is 2.60 bits per heavy atom. The van der Waals surface area contributed by atoms with Crippen LogP contribution < -0.4 is 10.6 Å². The Bertz CT molecular complexity index is 523. The van der Waals surface area contributed by atoms with E-state index in [0.717, 1.165) is 0 Å². The minimum Gasteiger partial charge on any atom is -0.323 e. The highest BCUT2D eigenvalue weighted by molar-refractivity contribution is 5.92. The highest BCUT2D eigenvalue weighted by atomic mass is 19.1. The molecule has 0 saturated carbocycles. The predicted octanol–water partition coefficient (Wildman–Crippen LogP) is 2.06. The molecule has 8 heteroatoms. The Kier molecular flexibility index (Phi) is 5.51. The van der Waals surface area contributed by atoms with Gasteiger partial charge in [0, 0.05) is 24.6 Å². The van der Waals surface area contributed by atoms with E-state index in [1.807, 2.05) is 6.92 Å². The molecule has 0 heterocycles. The number of amides is 1. The smallest absolute Gasteiger partial charge is 0.307 e. The standard InChI is InChI=1S/C12H15F2N3O3/c1-3-15-6-7(2)12(18)16-10-5-11(17(19)20)9(14)4-8(10)13/h4-5,7,15H,3,6H2,1-2H3,(H,16,18). The Morgan fingerprint density at radius 2 is 2.05 bits per heavy atom. The molecule has 1 unspecified atom stereocenters. The number of rotatable bonds is 6. The second-order valence-corrected chi connectivity index (χ2v) is 4.24. The van der Waals surface area contributed by atoms with Crippen LogP contribution in [0.1, 0.15) is 13.8 Å². The summed E-state index contributed by atoms with van der Waals surface area (Å²) < 4.78 is 26.6. The molecule has 6 nitrogen and oxygen atoms in total. The summed E-state index contributed by atoms with van der Waals surface area (Å²) in [5, 5.41) is 15.7. The van der Waals surface area contributed by atoms with Gasteiger partial charge in [0.15, 0.2) is 0 Å². The first-order valence-electron chi connectivity index (χ1n) is 6.01. The minimum absolute atomic E-state index is 0.378. The van der Waals surface area contributed by atoms with Crippen molar-refractivity contribution in [3.05, 3.63) is 33.9 Å². The molecule has 1 atom stereocenters. The van der Waals surface area contributed by atoms with Crippen LogP contribution in [0.3, 0.4) is 0 Å². The monoisotopic (exact) mass is 287 g/mol. The lowest BCUT2D eigenvalue weighted by molar-refractivity contribution is -0.387. The van der Waals surface area contributed by atoms with E-state index in [0.29, 0.717) is 25.2 Å². The van der Waals surface area contributed by atoms with Crippen molar-refractivity contribution in [3.8, 4) is 0 Å². The molecular formula is C12H15F2N3O3. The van der Waals surface area contributed by atoms with Gasteiger partial charge < -0.3 is 10.6 Å². The van der Waals surface area contributed by atoms with E-state index < -0.39 is 39.8 Å². The Labute approximate surface area is 114 Å². The number of nitrogens with one attached hydrogen (secondary N) is 2. The minimum atomic E-state index is -1.29. The molecule has 0 aromatic heterocycles. The van der Waals surface area contributed by atoms with Crippen molar-refractivity contribution in [2.45, 2.75) is 13.8 Å². The van der Waals surface area contributed by atoms with Crippen LogP contribution in [0, 0.1) is 27.7 Å². The Balaban J connectivity index is 2.89. The van der Waals surface area contributed by atoms with E-state index in [4.69, 9.17) is 0 Å². The van der Waals surface area contributed by atoms with Gasteiger partial charge in [-0.3, -0.25) is 14.9 Å². The summed E-state index contributed by atoms with van der Waals surface area (Å²) in [4.78, 5) is 21.3. The van der Waals surface area contributed by atoms with Crippen molar-refractivity contribution < 1.29 is 18.5 Å². The maximum absolute atomic E-state index is 13.5. The highest BCUT2D eigenvalue weighted by Crippen LogP contribution is 2.25. The number of hydrogen-bond donors (Lipinski definition) is 2. The van der Waals surface area contributed by atoms with Crippen molar-refractivity contribution in [2.24, 2.45) is 5.92 Å². The summed E-state index contributed by atoms with van der Waals surface area (Å²) >= 11 is 0. The van der Waals surface area contributed by atoms with Crippen molar-refractivity contribution in [2.75, 3.05) is 18.4 Å². The molecule has 1 aromatic rings. The topological polar surface area (TPSA) is 84.3 Å². The van der Waals surface area contributed by atoms with Gasteiger partial charge in [-0.05, 0) is 6.54 Å². The molecule has 0 fully saturated rings. The van der Waals surface area contributed by atoms with E-state index in [1.54, 1.807) is 6.92 Å². The van der Waals surface area contributed by atoms with Crippen LogP contribution in [0.4, 0.5) is 20.2 Å². The fourth-order valence-electron chi connectivity index (χ4n) is 1.48. The molecule has 0 aliphatic rings. The third kappa shape index (κ3) is 3.95. The lowest BCUT2D eigenvalue weighted by atomic mass is 10.1. The summed E-state index contributed by atoms with van der Waals surface area (Å²) in [6.45, 7) is 4.54. The van der Waals surface area contributed by atoms with Crippen molar-refractivity contribution in [3.63, 3.8) is 0 Å². The van der Waals surface area contributed by atoms with Gasteiger partial charge in [-0.15, -0.1) is 0 Å². The van der Waals surface area contributed by atoms with E-state index in [9.17, 15) is 23.7 Å². The molecule has 0 aliphatic heterocycles. The summed E-state index contributed by atoms with van der Waals surface area (Å²) in [5.74, 6) is -3.31. The maximum atomic E-state index is 13.5. The molecular weight excluding hydrogens is 272 g/mol. The second kappa shape index (κ2) is 6.90. The van der Waals surface area contributed by atoms with Gasteiger partial charge in [0.05, 0.1) is 10.6 Å². The first-order valence-corrected chi connectivity index (χ1v) is 6.01. The first-order chi connectivity index (χ1) is 9.36. The van der Waals surface area contributed by atoms with Crippen molar-refractivity contribution >= 4 is 17.3 Å². The van der Waals surface area contributed by atoms with Gasteiger partial charge in [0.2, 0.25) is 11.7 Å². The van der Waals surface area contributed by atoms with Gasteiger partial charge in [0.1, 0.15) is 5.82 Å². The molecule has 1 amide bonds. The third-order valence-electron chi connectivity index (χ3n) is 2.64. The summed E-state index contributed by atoms with van der Waals surface area (Å²) in [7, 11) is 0. The number of anilines is 1. The van der Waals surface area contributed by atoms with Gasteiger partial charge in [-0.2, -0.15) is 4.39 Å². The Hall–Kier alpha value is -2.09. The zero-order valence-corrected chi connectivity index (χ0v) is 11.1. The summed E-state index contributed by atoms with van der Waals surface area (Å²) in [6, 6.07) is 1.05. The van der Waals surface area contributed by atoms with Gasteiger partial charge in [-0.1, -0.05) is 13.8 Å². The average molecular weight is 287 g/mol. The molecule has 0 saturated heterocycles. The molecule has 2 N–H and O–H groups in total. The van der Waals surface area contributed by atoms with Crippen LogP contribution in [0.5, 0.6) is 0 Å². The molecule has 0 bridgehead atoms. The third-order valence-corrected chi connectivity index (χ3v) is 2.64. The average Bonchev–Trinajstić information content (AvgIpc) is 2.38. The number of carbonyl (C=O) groups excluding carboxylic acids is 1. The zero-order chi connectivity index (χ0) is 15.3. The second-order valence-electron chi connectivity index (χ2n) is 4.24. The largest absolute Gasteiger partial charge is 0.323 e. The maximum Gasteiger partial charge on any atom is 0.307 e. The van der Waals surface area contributed by atoms with Crippen LogP contribution >= 0.6 is 0 Å². The number of nitro benzene ring substituents is 1. The predicted molar refractivity (Wildman–Crippen MR) is 69.3 cm³/mol. The summed E-state index contributed by atoms with van der Waals surface area (Å²) in [6.07, 6.45) is 0. The van der Waals surface area contributed by atoms with E-state index in [-0.39, 0.29) is 0 Å². The van der Waals surface area contributed by atoms with Crippen LogP contribution in [-0.2, 0) is 4.79 Å². The molecule has 0 spiro atoms. The van der Waals surface area contributed by atoms with Crippen molar-refractivity contribution in [1.29, 1.82) is 0 Å². The molecule has 1 aromatic carbocycles. The molecule has 20 heavy (non-hydrogen) atoms. The lowest BCUT2D eigenvalue weighted by Gasteiger charge is -2.13. The fourth-order valence-corrected chi connectivity index (χ4v) is 1.48. The number of nitro groups is 1. The van der Waals surface area contributed by atoms with Crippen molar-refractivity contribution in [1.82, 2.24) is 5.32 Å². The van der Waals surface area contributed by atoms with E-state index in [1.165, 1.54) is 0 Å². The van der Waals surface area contributed by atoms with Gasteiger partial charge >= 0.3 is 5.69 Å². The van der Waals surface area contributed by atoms with Crippen LogP contribution in [0.25, 0.3) is 0 Å². The number of benzene rings is 1. The Morgan fingerprint density at radius 1 is 1.40 bits per heavy atom. The normalized spacial score (nSPS) is 12.0. The first kappa shape index (κ1) is 16.0. The van der Waals surface area contributed by atoms with E-state index >= 15 is 0 Å². The van der Waals surface area contributed by atoms with Gasteiger partial charge in [-0.25, -0.2) is 4.39 Å². The highest BCUT2D eigenvalue weighted by Gasteiger charge is 2.21. The van der Waals surface area contributed by atoms with Crippen LogP contribution in [-0.4, -0.2) is 23.9 Å². The zero-order valence-electron chi connectivity index (χ0n) is 11.1. The number of carbonyl (C=O) groups is 1. The number of nitrogens with zero attached hydrogens (tertiary/aromatic N) is 1. The van der Waals surface area contributed by atoms with Gasteiger partial charge in [0.25, 0.3) is 0 Å². The quantitative estimate of drug-likeness (QED) is 0.619. The fraction of sp³-hybridized carbons (Fsp3) is 0.417. The molecule has 110 valence electrons. The number of hydrogen-bond acceptors (Lipinski definition) is 4. The lowest BCUT2D eigenvalue weighted by Crippen LogP contribution is -2.30.